The first-order valence-corrected chi connectivity index (χ1v) is 15.2. The van der Waals surface area contributed by atoms with Crippen molar-refractivity contribution in [2.75, 3.05) is 33.9 Å². The smallest absolute Gasteiger partial charge is 0.318 e. The first-order valence-electron chi connectivity index (χ1n) is 15.2. The van der Waals surface area contributed by atoms with Crippen molar-refractivity contribution < 1.29 is 28.6 Å². The molecule has 3 atom stereocenters. The largest absolute Gasteiger partial charge is 0.497 e. The Bertz CT molecular complexity index is 1020. The molecule has 0 radical (unpaired) electrons. The van der Waals surface area contributed by atoms with Gasteiger partial charge in [0.15, 0.2) is 0 Å². The molecule has 2 heterocycles. The molecular weight excluding hydrogens is 524 g/mol. The van der Waals surface area contributed by atoms with Crippen molar-refractivity contribution in [1.82, 2.24) is 20.4 Å². The van der Waals surface area contributed by atoms with Gasteiger partial charge in [-0.2, -0.15) is 0 Å². The molecule has 2 N–H and O–H groups in total. The standard InChI is InChI=1S/C31H48N4O6/c1-21(2)13-28-30(37)34(19-22-14-26(39-3)17-27(15-22)40-4)20-24(16-29(36)32-18-25-11-8-12-41-25)35(28)31(38)33-23-9-6-5-7-10-23/h14-15,17,21,23-25,28H,5-13,16,18-20H2,1-4H3,(H,32,36)(H,33,38)/t24-,25?,28-/m0/s1. The summed E-state index contributed by atoms with van der Waals surface area (Å²) in [5, 5.41) is 6.23. The number of methoxy groups -OCH3 is 2. The van der Waals surface area contributed by atoms with Crippen molar-refractivity contribution in [3.8, 4) is 11.5 Å². The van der Waals surface area contributed by atoms with Crippen LogP contribution in [0.2, 0.25) is 0 Å². The van der Waals surface area contributed by atoms with E-state index in [9.17, 15) is 14.4 Å². The number of piperazine rings is 1. The SMILES string of the molecule is COc1cc(CN2C[C@H](CC(=O)NCC3CCCO3)N(C(=O)NC3CCCCC3)[C@@H](CC(C)C)C2=O)cc(OC)c1. The molecule has 2 saturated heterocycles. The van der Waals surface area contributed by atoms with Crippen LogP contribution in [0.25, 0.3) is 0 Å². The lowest BCUT2D eigenvalue weighted by Gasteiger charge is -2.47. The van der Waals surface area contributed by atoms with Crippen molar-refractivity contribution >= 4 is 17.8 Å². The van der Waals surface area contributed by atoms with Crippen LogP contribution < -0.4 is 20.1 Å². The zero-order valence-electron chi connectivity index (χ0n) is 25.2. The molecule has 1 aliphatic carbocycles. The van der Waals surface area contributed by atoms with Crippen LogP contribution in [0.4, 0.5) is 4.79 Å². The van der Waals surface area contributed by atoms with Gasteiger partial charge in [0, 0.05) is 44.8 Å². The summed E-state index contributed by atoms with van der Waals surface area (Å²) in [4.78, 5) is 44.6. The summed E-state index contributed by atoms with van der Waals surface area (Å²) in [6.07, 6.45) is 7.85. The molecule has 3 aliphatic rings. The van der Waals surface area contributed by atoms with Gasteiger partial charge in [-0.1, -0.05) is 33.1 Å². The van der Waals surface area contributed by atoms with Gasteiger partial charge in [0.25, 0.3) is 0 Å². The second-order valence-corrected chi connectivity index (χ2v) is 12.1. The average molecular weight is 573 g/mol. The van der Waals surface area contributed by atoms with Crippen LogP contribution >= 0.6 is 0 Å². The zero-order chi connectivity index (χ0) is 29.4. The van der Waals surface area contributed by atoms with Gasteiger partial charge in [-0.25, -0.2) is 4.79 Å². The van der Waals surface area contributed by atoms with Crippen molar-refractivity contribution in [3.63, 3.8) is 0 Å². The summed E-state index contributed by atoms with van der Waals surface area (Å²) in [7, 11) is 3.19. The topological polar surface area (TPSA) is 109 Å². The number of ether oxygens (including phenoxy) is 3. The number of hydrogen-bond acceptors (Lipinski definition) is 6. The number of rotatable bonds is 11. The molecule has 0 aromatic heterocycles. The van der Waals surface area contributed by atoms with Gasteiger partial charge in [-0.05, 0) is 55.7 Å². The molecule has 4 amide bonds. The number of amides is 4. The number of nitrogens with zero attached hydrogens (tertiary/aromatic N) is 2. The lowest BCUT2D eigenvalue weighted by molar-refractivity contribution is -0.145. The van der Waals surface area contributed by atoms with E-state index in [-0.39, 0.29) is 48.9 Å². The lowest BCUT2D eigenvalue weighted by atomic mass is 9.93. The van der Waals surface area contributed by atoms with E-state index in [2.05, 4.69) is 24.5 Å². The highest BCUT2D eigenvalue weighted by molar-refractivity contribution is 5.89. The summed E-state index contributed by atoms with van der Waals surface area (Å²) < 4.78 is 16.6. The monoisotopic (exact) mass is 572 g/mol. The minimum Gasteiger partial charge on any atom is -0.497 e. The molecule has 1 saturated carbocycles. The Balaban J connectivity index is 1.58. The van der Waals surface area contributed by atoms with Crippen molar-refractivity contribution in [2.45, 2.75) is 102 Å². The Hall–Kier alpha value is -3.01. The van der Waals surface area contributed by atoms with Crippen LogP contribution in [0, 0.1) is 5.92 Å². The highest BCUT2D eigenvalue weighted by Crippen LogP contribution is 2.29. The van der Waals surface area contributed by atoms with Crippen LogP contribution in [-0.2, 0) is 20.9 Å². The summed E-state index contributed by atoms with van der Waals surface area (Å²) in [6, 6.07) is 4.31. The molecule has 3 fully saturated rings. The van der Waals surface area contributed by atoms with Gasteiger partial charge >= 0.3 is 6.03 Å². The molecule has 4 rings (SSSR count). The predicted octanol–water partition coefficient (Wildman–Crippen LogP) is 3.86. The fourth-order valence-electron chi connectivity index (χ4n) is 6.28. The Morgan fingerprint density at radius 3 is 2.34 bits per heavy atom. The zero-order valence-corrected chi connectivity index (χ0v) is 25.2. The Morgan fingerprint density at radius 2 is 1.73 bits per heavy atom. The van der Waals surface area contributed by atoms with E-state index < -0.39 is 12.1 Å². The van der Waals surface area contributed by atoms with E-state index in [1.54, 1.807) is 30.1 Å². The quantitative estimate of drug-likeness (QED) is 0.417. The van der Waals surface area contributed by atoms with E-state index >= 15 is 0 Å². The molecule has 1 unspecified atom stereocenters. The van der Waals surface area contributed by atoms with Crippen molar-refractivity contribution in [1.29, 1.82) is 0 Å². The maximum atomic E-state index is 14.0. The summed E-state index contributed by atoms with van der Waals surface area (Å²) >= 11 is 0. The van der Waals surface area contributed by atoms with Gasteiger partial charge < -0.3 is 34.6 Å². The molecule has 0 bridgehead atoms. The molecule has 10 heteroatoms. The number of benzene rings is 1. The third-order valence-electron chi connectivity index (χ3n) is 8.38. The second-order valence-electron chi connectivity index (χ2n) is 12.1. The van der Waals surface area contributed by atoms with Crippen LogP contribution in [-0.4, -0.2) is 85.8 Å². The van der Waals surface area contributed by atoms with Gasteiger partial charge in [-0.15, -0.1) is 0 Å². The first-order chi connectivity index (χ1) is 19.8. The highest BCUT2D eigenvalue weighted by atomic mass is 16.5. The highest BCUT2D eigenvalue weighted by Gasteiger charge is 2.44. The van der Waals surface area contributed by atoms with E-state index in [1.165, 1.54) is 6.42 Å². The number of hydrogen-bond donors (Lipinski definition) is 2. The minimum absolute atomic E-state index is 0.0332. The fourth-order valence-corrected chi connectivity index (χ4v) is 6.28. The molecule has 1 aromatic rings. The number of urea groups is 1. The number of carbonyl (C=O) groups is 3. The summed E-state index contributed by atoms with van der Waals surface area (Å²) in [5.74, 6) is 1.22. The van der Waals surface area contributed by atoms with E-state index in [0.29, 0.717) is 31.0 Å². The third kappa shape index (κ3) is 8.50. The molecule has 0 spiro atoms. The molecular formula is C31H48N4O6. The Labute approximate surface area is 244 Å². The van der Waals surface area contributed by atoms with E-state index in [4.69, 9.17) is 14.2 Å². The Morgan fingerprint density at radius 1 is 1.02 bits per heavy atom. The maximum absolute atomic E-state index is 14.0. The normalized spacial score (nSPS) is 23.5. The molecule has 228 valence electrons. The third-order valence-corrected chi connectivity index (χ3v) is 8.38. The van der Waals surface area contributed by atoms with E-state index in [0.717, 1.165) is 50.7 Å². The summed E-state index contributed by atoms with van der Waals surface area (Å²) in [6.45, 7) is 5.88. The molecule has 1 aromatic carbocycles. The second kappa shape index (κ2) is 14.8. The minimum atomic E-state index is -0.657. The molecule has 2 aliphatic heterocycles. The van der Waals surface area contributed by atoms with Gasteiger partial charge in [0.2, 0.25) is 11.8 Å². The molecule has 41 heavy (non-hydrogen) atoms. The van der Waals surface area contributed by atoms with Gasteiger partial charge in [0.1, 0.15) is 17.5 Å². The van der Waals surface area contributed by atoms with E-state index in [1.807, 2.05) is 12.1 Å². The van der Waals surface area contributed by atoms with Crippen molar-refractivity contribution in [3.05, 3.63) is 23.8 Å². The molecule has 10 nitrogen and oxygen atoms in total. The lowest BCUT2D eigenvalue weighted by Crippen LogP contribution is -2.66. The van der Waals surface area contributed by atoms with Gasteiger partial charge in [-0.3, -0.25) is 9.59 Å². The fraction of sp³-hybridized carbons (Fsp3) is 0.710. The maximum Gasteiger partial charge on any atom is 0.318 e. The average Bonchev–Trinajstić information content (AvgIpc) is 3.48. The van der Waals surface area contributed by atoms with Crippen LogP contribution in [0.15, 0.2) is 18.2 Å². The number of carbonyl (C=O) groups excluding carboxylic acids is 3. The van der Waals surface area contributed by atoms with Crippen LogP contribution in [0.3, 0.4) is 0 Å². The number of nitrogens with one attached hydrogen (secondary N) is 2. The Kier molecular flexibility index (Phi) is 11.1. The van der Waals surface area contributed by atoms with Crippen LogP contribution in [0.5, 0.6) is 11.5 Å². The van der Waals surface area contributed by atoms with Gasteiger partial charge in [0.05, 0.1) is 26.4 Å². The first kappa shape index (κ1) is 30.9. The van der Waals surface area contributed by atoms with Crippen molar-refractivity contribution in [2.24, 2.45) is 5.92 Å². The van der Waals surface area contributed by atoms with Crippen LogP contribution in [0.1, 0.15) is 77.2 Å². The predicted molar refractivity (Wildman–Crippen MR) is 156 cm³/mol. The summed E-state index contributed by atoms with van der Waals surface area (Å²) in [5.41, 5.74) is 0.861.